The molecule has 2 aromatic carbocycles. The SMILES string of the molecule is C=C[C@H]1C[C@@]1(NC(=O)[C@@H]1C[C@@H]2CN1C(=O)[C@H](C1CCCCC1)NC(=O)OCC(C)(C)CCCc1cc3c(cc(NCc4ccccc4)nc3cc1OC)O2)C(=O)NS(=O)(=O)C1CC1. The van der Waals surface area contributed by atoms with Crippen molar-refractivity contribution in [2.45, 2.75) is 126 Å². The molecule has 8 rings (SSSR count). The molecule has 2 aliphatic heterocycles. The number of cyclic esters (lactones) is 1. The van der Waals surface area contributed by atoms with E-state index in [9.17, 15) is 22.8 Å². The summed E-state index contributed by atoms with van der Waals surface area (Å²) >= 11 is 0. The Bertz CT molecular complexity index is 2350. The molecule has 15 nitrogen and oxygen atoms in total. The van der Waals surface area contributed by atoms with E-state index in [1.165, 1.54) is 11.0 Å². The third kappa shape index (κ3) is 9.90. The van der Waals surface area contributed by atoms with Crippen molar-refractivity contribution in [2.24, 2.45) is 17.3 Å². The number of hydrogen-bond donors (Lipinski definition) is 4. The highest BCUT2D eigenvalue weighted by Crippen LogP contribution is 2.46. The molecule has 0 radical (unpaired) electrons. The zero-order valence-corrected chi connectivity index (χ0v) is 37.3. The fraction of sp³-hybridized carbons (Fsp3) is 0.553. The number of benzene rings is 2. The number of carbonyl (C=O) groups excluding carboxylic acids is 4. The summed E-state index contributed by atoms with van der Waals surface area (Å²) in [6.07, 6.45) is 7.62. The van der Waals surface area contributed by atoms with E-state index in [4.69, 9.17) is 19.2 Å². The van der Waals surface area contributed by atoms with Gasteiger partial charge in [0.2, 0.25) is 21.8 Å². The molecule has 0 unspecified atom stereocenters. The van der Waals surface area contributed by atoms with Gasteiger partial charge in [0.1, 0.15) is 41.0 Å². The highest BCUT2D eigenvalue weighted by molar-refractivity contribution is 7.91. The Balaban J connectivity index is 1.17. The predicted molar refractivity (Wildman–Crippen MR) is 237 cm³/mol. The smallest absolute Gasteiger partial charge is 0.407 e. The molecule has 3 aromatic rings. The Kier molecular flexibility index (Phi) is 12.6. The number of sulfonamides is 1. The first-order valence-electron chi connectivity index (χ1n) is 22.4. The van der Waals surface area contributed by atoms with Crippen molar-refractivity contribution in [3.8, 4) is 11.5 Å². The molecule has 5 atom stereocenters. The number of amides is 4. The summed E-state index contributed by atoms with van der Waals surface area (Å²) in [5.41, 5.74) is 0.686. The Hall–Kier alpha value is -5.38. The lowest BCUT2D eigenvalue weighted by Gasteiger charge is -2.35. The van der Waals surface area contributed by atoms with E-state index in [0.717, 1.165) is 48.6 Å². The van der Waals surface area contributed by atoms with Gasteiger partial charge in [-0.2, -0.15) is 0 Å². The number of hydrogen-bond acceptors (Lipinski definition) is 11. The lowest BCUT2D eigenvalue weighted by Crippen LogP contribution is -2.59. The molecule has 4 amide bonds. The number of pyridine rings is 1. The van der Waals surface area contributed by atoms with Crippen molar-refractivity contribution in [3.05, 3.63) is 72.3 Å². The van der Waals surface area contributed by atoms with Gasteiger partial charge in [0.25, 0.3) is 5.91 Å². The molecule has 1 aromatic heterocycles. The van der Waals surface area contributed by atoms with Crippen LogP contribution in [0, 0.1) is 17.3 Å². The van der Waals surface area contributed by atoms with Crippen LogP contribution in [0.3, 0.4) is 0 Å². The van der Waals surface area contributed by atoms with Crippen molar-refractivity contribution in [2.75, 3.05) is 25.6 Å². The van der Waals surface area contributed by atoms with E-state index in [0.29, 0.717) is 61.5 Å². The third-order valence-corrected chi connectivity index (χ3v) is 15.3. The molecule has 0 spiro atoms. The molecule has 3 saturated carbocycles. The van der Waals surface area contributed by atoms with Gasteiger partial charge in [-0.3, -0.25) is 19.1 Å². The summed E-state index contributed by atoms with van der Waals surface area (Å²) in [6.45, 7) is 8.53. The molecule has 3 heterocycles. The van der Waals surface area contributed by atoms with Crippen molar-refractivity contribution in [1.82, 2.24) is 25.2 Å². The maximum atomic E-state index is 15.1. The molecule has 63 heavy (non-hydrogen) atoms. The van der Waals surface area contributed by atoms with Crippen LogP contribution >= 0.6 is 0 Å². The third-order valence-electron chi connectivity index (χ3n) is 13.4. The van der Waals surface area contributed by atoms with Crippen molar-refractivity contribution >= 4 is 50.6 Å². The minimum atomic E-state index is -3.92. The molecule has 4 bridgehead atoms. The van der Waals surface area contributed by atoms with Crippen LogP contribution in [0.15, 0.2) is 61.2 Å². The van der Waals surface area contributed by atoms with E-state index < -0.39 is 68.7 Å². The van der Waals surface area contributed by atoms with Gasteiger partial charge >= 0.3 is 6.09 Å². The predicted octanol–water partition coefficient (Wildman–Crippen LogP) is 5.91. The molecule has 1 saturated heterocycles. The van der Waals surface area contributed by atoms with E-state index >= 15 is 4.79 Å². The van der Waals surface area contributed by atoms with E-state index in [1.54, 1.807) is 7.11 Å². The normalized spacial score (nSPS) is 26.6. The van der Waals surface area contributed by atoms with Crippen LogP contribution in [0.1, 0.15) is 95.6 Å². The quantitative estimate of drug-likeness (QED) is 0.167. The van der Waals surface area contributed by atoms with Crippen LogP contribution in [-0.2, 0) is 42.1 Å². The van der Waals surface area contributed by atoms with Gasteiger partial charge in [0.15, 0.2) is 0 Å². The van der Waals surface area contributed by atoms with Gasteiger partial charge in [-0.1, -0.05) is 69.5 Å². The second-order valence-corrected chi connectivity index (χ2v) is 20.8. The second kappa shape index (κ2) is 18.0. The van der Waals surface area contributed by atoms with Crippen LogP contribution in [-0.4, -0.2) is 91.4 Å². The number of methoxy groups -OCH3 is 1. The van der Waals surface area contributed by atoms with Crippen LogP contribution in [0.4, 0.5) is 10.6 Å². The maximum Gasteiger partial charge on any atom is 0.407 e. The Labute approximate surface area is 369 Å². The number of nitrogens with one attached hydrogen (secondary N) is 4. The lowest BCUT2D eigenvalue weighted by atomic mass is 9.83. The number of alkyl carbamates (subject to hydrolysis) is 1. The first-order chi connectivity index (χ1) is 30.2. The van der Waals surface area contributed by atoms with E-state index in [2.05, 4.69) is 27.3 Å². The van der Waals surface area contributed by atoms with Crippen LogP contribution < -0.4 is 30.1 Å². The molecular weight excluding hydrogens is 825 g/mol. The number of ether oxygens (including phenoxy) is 3. The summed E-state index contributed by atoms with van der Waals surface area (Å²) < 4.78 is 46.6. The number of rotatable bonds is 11. The maximum absolute atomic E-state index is 15.1. The number of nitrogens with zero attached hydrogens (tertiary/aromatic N) is 2. The van der Waals surface area contributed by atoms with Gasteiger partial charge in [-0.25, -0.2) is 18.2 Å². The number of aryl methyl sites for hydroxylation is 1. The zero-order valence-electron chi connectivity index (χ0n) is 36.5. The molecule has 3 aliphatic carbocycles. The number of anilines is 1. The van der Waals surface area contributed by atoms with Gasteiger partial charge in [-0.05, 0) is 79.9 Å². The Morgan fingerprint density at radius 1 is 1.05 bits per heavy atom. The molecule has 5 aliphatic rings. The molecule has 4 N–H and O–H groups in total. The summed E-state index contributed by atoms with van der Waals surface area (Å²) in [5.74, 6) is -0.906. The van der Waals surface area contributed by atoms with Crippen LogP contribution in [0.25, 0.3) is 10.9 Å². The molecular formula is C47H60N6O9S. The topological polar surface area (TPSA) is 194 Å². The van der Waals surface area contributed by atoms with E-state index in [1.807, 2.05) is 62.4 Å². The lowest BCUT2D eigenvalue weighted by molar-refractivity contribution is -0.142. The number of aromatic nitrogens is 1. The Morgan fingerprint density at radius 3 is 2.51 bits per heavy atom. The average molecular weight is 885 g/mol. The zero-order chi connectivity index (χ0) is 44.5. The first-order valence-corrected chi connectivity index (χ1v) is 23.9. The minimum Gasteiger partial charge on any atom is -0.496 e. The van der Waals surface area contributed by atoms with Gasteiger partial charge < -0.3 is 35.1 Å². The fourth-order valence-corrected chi connectivity index (χ4v) is 10.9. The number of carbonyl (C=O) groups is 4. The highest BCUT2D eigenvalue weighted by atomic mass is 32.2. The first kappa shape index (κ1) is 44.2. The highest BCUT2D eigenvalue weighted by Gasteiger charge is 2.62. The fourth-order valence-electron chi connectivity index (χ4n) is 9.49. The van der Waals surface area contributed by atoms with Gasteiger partial charge in [0.05, 0.1) is 31.0 Å². The largest absolute Gasteiger partial charge is 0.496 e. The van der Waals surface area contributed by atoms with E-state index in [-0.39, 0.29) is 37.3 Å². The summed E-state index contributed by atoms with van der Waals surface area (Å²) in [4.78, 5) is 63.6. The summed E-state index contributed by atoms with van der Waals surface area (Å²) in [5, 5.41) is 9.32. The van der Waals surface area contributed by atoms with Crippen molar-refractivity contribution < 1.29 is 41.8 Å². The van der Waals surface area contributed by atoms with Gasteiger partial charge in [0, 0.05) is 36.4 Å². The second-order valence-electron chi connectivity index (χ2n) is 18.8. The van der Waals surface area contributed by atoms with Crippen molar-refractivity contribution in [1.29, 1.82) is 0 Å². The molecule has 4 fully saturated rings. The molecule has 338 valence electrons. The van der Waals surface area contributed by atoms with Crippen LogP contribution in [0.2, 0.25) is 0 Å². The van der Waals surface area contributed by atoms with Crippen molar-refractivity contribution in [3.63, 3.8) is 0 Å². The monoisotopic (exact) mass is 884 g/mol. The summed E-state index contributed by atoms with van der Waals surface area (Å²) in [6, 6.07) is 13.6. The standard InChI is InChI=1S/C47H60N6O9S/c1-5-32-25-47(32,44(56)52-63(58,59)34-18-19-34)51-42(54)37-22-33-27-53(37)43(55)41(30-15-10-7-11-16-30)50-45(57)61-28-46(2,3)20-12-17-31-21-35-36(23-38(31)60-4)49-40(24-39(35)62-33)48-26-29-13-8-6-9-14-29/h5-6,8-9,13-14,21,23-24,30,32-34,37,41H,1,7,10-12,15-20,22,25-28H2,2-4H3,(H,48,49)(H,50,57)(H,51,54)(H,52,56)/t32-,33+,37-,41-,47-/m0/s1. The molecule has 16 heteroatoms. The summed E-state index contributed by atoms with van der Waals surface area (Å²) in [7, 11) is -2.29. The van der Waals surface area contributed by atoms with Gasteiger partial charge in [-0.15, -0.1) is 6.58 Å². The minimum absolute atomic E-state index is 0.0103. The Morgan fingerprint density at radius 2 is 1.81 bits per heavy atom. The average Bonchev–Trinajstić information content (AvgIpc) is 4.21. The number of fused-ring (bicyclic) bond motifs is 3. The van der Waals surface area contributed by atoms with Crippen LogP contribution in [0.5, 0.6) is 11.5 Å².